The topological polar surface area (TPSA) is 0 Å². The van der Waals surface area contributed by atoms with Gasteiger partial charge in [-0.25, -0.2) is 0 Å². The summed E-state index contributed by atoms with van der Waals surface area (Å²) in [6.45, 7) is 9.20. The maximum absolute atomic E-state index is 2.35. The molecule has 0 aliphatic carbocycles. The van der Waals surface area contributed by atoms with E-state index in [0.717, 1.165) is 11.8 Å². The maximum atomic E-state index is 2.35. The fourth-order valence-corrected chi connectivity index (χ4v) is 2.77. The molecule has 1 heterocycles. The van der Waals surface area contributed by atoms with Crippen molar-refractivity contribution < 1.29 is 0 Å². The van der Waals surface area contributed by atoms with Crippen LogP contribution >= 0.6 is 11.3 Å². The molecule has 2 unspecified atom stereocenters. The predicted octanol–water partition coefficient (Wildman–Crippen LogP) is 4.60. The molecule has 2 atom stereocenters. The highest BCUT2D eigenvalue weighted by Crippen LogP contribution is 2.30. The van der Waals surface area contributed by atoms with E-state index in [9.17, 15) is 0 Å². The molecule has 1 heteroatoms. The second kappa shape index (κ2) is 4.80. The Labute approximate surface area is 86.0 Å². The monoisotopic (exact) mass is 196 g/mol. The molecule has 0 nitrogen and oxygen atoms in total. The second-order valence-corrected chi connectivity index (χ2v) is 5.07. The van der Waals surface area contributed by atoms with Crippen molar-refractivity contribution >= 4 is 11.3 Å². The molecule has 0 spiro atoms. The van der Waals surface area contributed by atoms with Crippen molar-refractivity contribution in [2.75, 3.05) is 0 Å². The van der Waals surface area contributed by atoms with Gasteiger partial charge in [-0.05, 0) is 42.2 Å². The van der Waals surface area contributed by atoms with Crippen LogP contribution in [0.4, 0.5) is 0 Å². The zero-order valence-corrected chi connectivity index (χ0v) is 9.95. The van der Waals surface area contributed by atoms with E-state index in [1.54, 1.807) is 4.88 Å². The van der Waals surface area contributed by atoms with Crippen molar-refractivity contribution in [3.8, 4) is 0 Å². The first kappa shape index (κ1) is 10.8. The van der Waals surface area contributed by atoms with Gasteiger partial charge in [0.1, 0.15) is 0 Å². The fourth-order valence-electron chi connectivity index (χ4n) is 1.77. The molecular weight excluding hydrogens is 176 g/mol. The summed E-state index contributed by atoms with van der Waals surface area (Å²) in [7, 11) is 0. The lowest BCUT2D eigenvalue weighted by Gasteiger charge is -2.15. The normalized spacial score (nSPS) is 15.7. The van der Waals surface area contributed by atoms with Crippen molar-refractivity contribution in [3.05, 3.63) is 21.9 Å². The zero-order chi connectivity index (χ0) is 9.84. The van der Waals surface area contributed by atoms with Gasteiger partial charge < -0.3 is 0 Å². The Kier molecular flexibility index (Phi) is 3.98. The Hall–Kier alpha value is -0.300. The van der Waals surface area contributed by atoms with Crippen LogP contribution in [-0.2, 0) is 0 Å². The summed E-state index contributed by atoms with van der Waals surface area (Å²) in [5.74, 6) is 1.60. The molecule has 0 aromatic carbocycles. The Bertz CT molecular complexity index is 249. The van der Waals surface area contributed by atoms with Gasteiger partial charge in [-0.2, -0.15) is 0 Å². The number of aryl methyl sites for hydroxylation is 1. The zero-order valence-electron chi connectivity index (χ0n) is 9.13. The molecule has 0 aliphatic rings. The van der Waals surface area contributed by atoms with Crippen LogP contribution in [0.1, 0.15) is 50.0 Å². The second-order valence-electron chi connectivity index (χ2n) is 4.12. The summed E-state index contributed by atoms with van der Waals surface area (Å²) in [6, 6.07) is 2.23. The first-order valence-corrected chi connectivity index (χ1v) is 6.07. The van der Waals surface area contributed by atoms with E-state index < -0.39 is 0 Å². The minimum Gasteiger partial charge on any atom is -0.148 e. The molecule has 1 aromatic rings. The largest absolute Gasteiger partial charge is 0.148 e. The summed E-state index contributed by atoms with van der Waals surface area (Å²) in [5, 5.41) is 2.21. The molecule has 74 valence electrons. The molecular formula is C12H20S. The molecule has 0 bridgehead atoms. The molecule has 0 saturated carbocycles. The first-order valence-electron chi connectivity index (χ1n) is 5.19. The predicted molar refractivity (Wildman–Crippen MR) is 61.5 cm³/mol. The minimum atomic E-state index is 0.745. The summed E-state index contributed by atoms with van der Waals surface area (Å²) in [5.41, 5.74) is 1.47. The van der Waals surface area contributed by atoms with E-state index in [0.29, 0.717) is 0 Å². The van der Waals surface area contributed by atoms with Gasteiger partial charge in [0.05, 0.1) is 0 Å². The van der Waals surface area contributed by atoms with Gasteiger partial charge in [0.2, 0.25) is 0 Å². The highest BCUT2D eigenvalue weighted by atomic mass is 32.1. The summed E-state index contributed by atoms with van der Waals surface area (Å²) in [6.07, 6.45) is 2.63. The molecule has 0 aliphatic heterocycles. The SMILES string of the molecule is CCC(C)CC(C)c1sccc1C. The number of rotatable bonds is 4. The third-order valence-corrected chi connectivity index (χ3v) is 4.05. The van der Waals surface area contributed by atoms with Gasteiger partial charge in [-0.1, -0.05) is 27.2 Å². The van der Waals surface area contributed by atoms with Crippen LogP contribution in [0.2, 0.25) is 0 Å². The van der Waals surface area contributed by atoms with Crippen molar-refractivity contribution in [3.63, 3.8) is 0 Å². The lowest BCUT2D eigenvalue weighted by atomic mass is 9.93. The van der Waals surface area contributed by atoms with E-state index in [4.69, 9.17) is 0 Å². The maximum Gasteiger partial charge on any atom is 0.0103 e. The molecule has 0 N–H and O–H groups in total. The third-order valence-electron chi connectivity index (χ3n) is 2.80. The van der Waals surface area contributed by atoms with E-state index >= 15 is 0 Å². The Morgan fingerprint density at radius 2 is 2.08 bits per heavy atom. The van der Waals surface area contributed by atoms with Crippen molar-refractivity contribution in [2.45, 2.75) is 46.5 Å². The highest BCUT2D eigenvalue weighted by Gasteiger charge is 2.12. The molecule has 0 saturated heterocycles. The lowest BCUT2D eigenvalue weighted by Crippen LogP contribution is -2.00. The van der Waals surface area contributed by atoms with Crippen LogP contribution in [0.3, 0.4) is 0 Å². The fraction of sp³-hybridized carbons (Fsp3) is 0.667. The Balaban J connectivity index is 2.58. The number of hydrogen-bond donors (Lipinski definition) is 0. The molecule has 1 rings (SSSR count). The average Bonchev–Trinajstić information content (AvgIpc) is 2.51. The van der Waals surface area contributed by atoms with Crippen LogP contribution in [0.25, 0.3) is 0 Å². The van der Waals surface area contributed by atoms with Gasteiger partial charge in [0.15, 0.2) is 0 Å². The molecule has 0 amide bonds. The minimum absolute atomic E-state index is 0.745. The van der Waals surface area contributed by atoms with E-state index in [-0.39, 0.29) is 0 Å². The van der Waals surface area contributed by atoms with Crippen molar-refractivity contribution in [1.82, 2.24) is 0 Å². The van der Waals surface area contributed by atoms with Gasteiger partial charge in [-0.3, -0.25) is 0 Å². The van der Waals surface area contributed by atoms with Crippen LogP contribution in [0.5, 0.6) is 0 Å². The highest BCUT2D eigenvalue weighted by molar-refractivity contribution is 7.10. The lowest BCUT2D eigenvalue weighted by molar-refractivity contribution is 0.474. The van der Waals surface area contributed by atoms with Crippen LogP contribution in [-0.4, -0.2) is 0 Å². The van der Waals surface area contributed by atoms with Gasteiger partial charge >= 0.3 is 0 Å². The Morgan fingerprint density at radius 1 is 1.38 bits per heavy atom. The van der Waals surface area contributed by atoms with E-state index in [1.165, 1.54) is 18.4 Å². The smallest absolute Gasteiger partial charge is 0.0103 e. The van der Waals surface area contributed by atoms with Gasteiger partial charge in [-0.15, -0.1) is 11.3 Å². The van der Waals surface area contributed by atoms with Gasteiger partial charge in [0, 0.05) is 4.88 Å². The molecule has 1 aromatic heterocycles. The van der Waals surface area contributed by atoms with Crippen LogP contribution < -0.4 is 0 Å². The molecule has 0 radical (unpaired) electrons. The quantitative estimate of drug-likeness (QED) is 0.660. The first-order chi connectivity index (χ1) is 6.15. The summed E-state index contributed by atoms with van der Waals surface area (Å²) >= 11 is 1.91. The Morgan fingerprint density at radius 3 is 2.54 bits per heavy atom. The van der Waals surface area contributed by atoms with Crippen LogP contribution in [0, 0.1) is 12.8 Å². The average molecular weight is 196 g/mol. The van der Waals surface area contributed by atoms with Crippen molar-refractivity contribution in [2.24, 2.45) is 5.92 Å². The number of hydrogen-bond acceptors (Lipinski definition) is 1. The molecule has 0 fully saturated rings. The summed E-state index contributed by atoms with van der Waals surface area (Å²) in [4.78, 5) is 1.58. The summed E-state index contributed by atoms with van der Waals surface area (Å²) < 4.78 is 0. The van der Waals surface area contributed by atoms with Crippen LogP contribution in [0.15, 0.2) is 11.4 Å². The van der Waals surface area contributed by atoms with E-state index in [1.807, 2.05) is 11.3 Å². The molecule has 13 heavy (non-hydrogen) atoms. The standard InChI is InChI=1S/C12H20S/c1-5-9(2)8-11(4)12-10(3)6-7-13-12/h6-7,9,11H,5,8H2,1-4H3. The third kappa shape index (κ3) is 2.84. The van der Waals surface area contributed by atoms with Gasteiger partial charge in [0.25, 0.3) is 0 Å². The number of thiophene rings is 1. The van der Waals surface area contributed by atoms with Crippen molar-refractivity contribution in [1.29, 1.82) is 0 Å². The van der Waals surface area contributed by atoms with E-state index in [2.05, 4.69) is 39.1 Å².